The summed E-state index contributed by atoms with van der Waals surface area (Å²) >= 11 is 1.34. The monoisotopic (exact) mass is 253 g/mol. The summed E-state index contributed by atoms with van der Waals surface area (Å²) in [5, 5.41) is 6.86. The van der Waals surface area contributed by atoms with Gasteiger partial charge in [0, 0.05) is 19.4 Å². The summed E-state index contributed by atoms with van der Waals surface area (Å²) in [6.45, 7) is 1.68. The number of hydrogen-bond donors (Lipinski definition) is 1. The van der Waals surface area contributed by atoms with Crippen molar-refractivity contribution in [1.82, 2.24) is 19.7 Å². The van der Waals surface area contributed by atoms with Crippen LogP contribution in [0.5, 0.6) is 0 Å². The van der Waals surface area contributed by atoms with Gasteiger partial charge in [-0.25, -0.2) is 4.98 Å². The minimum atomic E-state index is -0.207. The van der Waals surface area contributed by atoms with Crippen molar-refractivity contribution in [2.75, 3.05) is 11.1 Å². The number of amides is 1. The molecule has 0 fully saturated rings. The highest BCUT2D eigenvalue weighted by Gasteiger charge is 2.09. The van der Waals surface area contributed by atoms with Crippen molar-refractivity contribution in [2.24, 2.45) is 7.05 Å². The van der Waals surface area contributed by atoms with Crippen LogP contribution < -0.4 is 5.32 Å². The molecule has 2 aromatic heterocycles. The average Bonchev–Trinajstić information content (AvgIpc) is 2.85. The molecule has 8 heteroatoms. The molecule has 2 aromatic rings. The van der Waals surface area contributed by atoms with Gasteiger partial charge in [-0.1, -0.05) is 16.9 Å². The van der Waals surface area contributed by atoms with E-state index < -0.39 is 0 Å². The predicted molar refractivity (Wildman–Crippen MR) is 61.6 cm³/mol. The minimum Gasteiger partial charge on any atom is -0.329 e. The fourth-order valence-electron chi connectivity index (χ4n) is 1.12. The number of thioether (sulfide) groups is 1. The van der Waals surface area contributed by atoms with Crippen molar-refractivity contribution in [2.45, 2.75) is 12.1 Å². The molecule has 2 heterocycles. The first-order valence-corrected chi connectivity index (χ1v) is 5.84. The van der Waals surface area contributed by atoms with E-state index in [9.17, 15) is 4.79 Å². The normalized spacial score (nSPS) is 10.5. The molecule has 0 aliphatic rings. The fourth-order valence-corrected chi connectivity index (χ4v) is 1.86. The first-order valence-electron chi connectivity index (χ1n) is 4.85. The van der Waals surface area contributed by atoms with E-state index in [1.54, 1.807) is 13.1 Å². The second kappa shape index (κ2) is 5.00. The Morgan fingerprint density at radius 1 is 1.65 bits per heavy atom. The third-order valence-electron chi connectivity index (χ3n) is 1.88. The third-order valence-corrected chi connectivity index (χ3v) is 2.94. The molecule has 0 saturated heterocycles. The molecule has 7 nitrogen and oxygen atoms in total. The van der Waals surface area contributed by atoms with E-state index in [1.807, 2.05) is 17.8 Å². The highest BCUT2D eigenvalue weighted by Crippen LogP contribution is 2.14. The lowest BCUT2D eigenvalue weighted by Gasteiger charge is -2.00. The molecule has 0 bridgehead atoms. The van der Waals surface area contributed by atoms with Crippen LogP contribution in [0, 0.1) is 6.92 Å². The number of carbonyl (C=O) groups excluding carboxylic acids is 1. The Balaban J connectivity index is 1.84. The SMILES string of the molecule is Cc1noc(NC(=O)CSc2nccn2C)n1. The fraction of sp³-hybridized carbons (Fsp3) is 0.333. The largest absolute Gasteiger partial charge is 0.329 e. The lowest BCUT2D eigenvalue weighted by Crippen LogP contribution is -2.14. The highest BCUT2D eigenvalue weighted by atomic mass is 32.2. The van der Waals surface area contributed by atoms with Gasteiger partial charge in [-0.05, 0) is 6.92 Å². The van der Waals surface area contributed by atoms with Gasteiger partial charge in [0.05, 0.1) is 5.75 Å². The summed E-state index contributed by atoms with van der Waals surface area (Å²) in [5.41, 5.74) is 0. The first kappa shape index (κ1) is 11.6. The molecule has 2 rings (SSSR count). The molecular weight excluding hydrogens is 242 g/mol. The maximum Gasteiger partial charge on any atom is 0.328 e. The van der Waals surface area contributed by atoms with Crippen LogP contribution in [-0.2, 0) is 11.8 Å². The van der Waals surface area contributed by atoms with Crippen LogP contribution in [0.2, 0.25) is 0 Å². The van der Waals surface area contributed by atoms with E-state index in [4.69, 9.17) is 4.52 Å². The molecular formula is C9H11N5O2S. The Morgan fingerprint density at radius 2 is 2.47 bits per heavy atom. The van der Waals surface area contributed by atoms with Gasteiger partial charge in [-0.2, -0.15) is 4.98 Å². The van der Waals surface area contributed by atoms with E-state index in [-0.39, 0.29) is 17.7 Å². The summed E-state index contributed by atoms with van der Waals surface area (Å²) in [6, 6.07) is 0.118. The predicted octanol–water partition coefficient (Wildman–Crippen LogP) is 0.842. The number of nitrogens with one attached hydrogen (secondary N) is 1. The van der Waals surface area contributed by atoms with Crippen LogP contribution in [0.25, 0.3) is 0 Å². The Morgan fingerprint density at radius 3 is 3.06 bits per heavy atom. The Labute approximate surface area is 102 Å². The van der Waals surface area contributed by atoms with Crippen LogP contribution in [0.3, 0.4) is 0 Å². The smallest absolute Gasteiger partial charge is 0.328 e. The molecule has 90 valence electrons. The molecule has 1 N–H and O–H groups in total. The summed E-state index contributed by atoms with van der Waals surface area (Å²) < 4.78 is 6.61. The second-order valence-corrected chi connectivity index (χ2v) is 4.25. The van der Waals surface area contributed by atoms with Gasteiger partial charge < -0.3 is 9.09 Å². The Hall–Kier alpha value is -1.83. The standard InChI is InChI=1S/C9H11N5O2S/c1-6-11-8(16-13-6)12-7(15)5-17-9-10-3-4-14(9)2/h3-4H,5H2,1-2H3,(H,11,12,13,15). The van der Waals surface area contributed by atoms with Crippen molar-refractivity contribution in [1.29, 1.82) is 0 Å². The van der Waals surface area contributed by atoms with E-state index in [0.717, 1.165) is 5.16 Å². The van der Waals surface area contributed by atoms with Crippen molar-refractivity contribution in [3.05, 3.63) is 18.2 Å². The van der Waals surface area contributed by atoms with Gasteiger partial charge in [-0.15, -0.1) is 0 Å². The van der Waals surface area contributed by atoms with Gasteiger partial charge >= 0.3 is 6.01 Å². The van der Waals surface area contributed by atoms with Crippen LogP contribution in [-0.4, -0.2) is 31.4 Å². The zero-order chi connectivity index (χ0) is 12.3. The number of nitrogens with zero attached hydrogens (tertiary/aromatic N) is 4. The number of aromatic nitrogens is 4. The van der Waals surface area contributed by atoms with Crippen molar-refractivity contribution in [3.63, 3.8) is 0 Å². The van der Waals surface area contributed by atoms with Crippen LogP contribution in [0.4, 0.5) is 6.01 Å². The highest BCUT2D eigenvalue weighted by molar-refractivity contribution is 7.99. The summed E-state index contributed by atoms with van der Waals surface area (Å²) in [5.74, 6) is 0.519. The maximum atomic E-state index is 11.5. The van der Waals surface area contributed by atoms with Gasteiger partial charge in [0.15, 0.2) is 11.0 Å². The lowest BCUT2D eigenvalue weighted by atomic mass is 10.7. The van der Waals surface area contributed by atoms with E-state index in [0.29, 0.717) is 5.82 Å². The lowest BCUT2D eigenvalue weighted by molar-refractivity contribution is -0.114. The quantitative estimate of drug-likeness (QED) is 0.813. The van der Waals surface area contributed by atoms with Crippen LogP contribution in [0.15, 0.2) is 22.1 Å². The van der Waals surface area contributed by atoms with Gasteiger partial charge in [0.1, 0.15) is 0 Å². The van der Waals surface area contributed by atoms with Gasteiger partial charge in [-0.3, -0.25) is 10.1 Å². The molecule has 0 spiro atoms. The number of hydrogen-bond acceptors (Lipinski definition) is 6. The van der Waals surface area contributed by atoms with Crippen LogP contribution in [0.1, 0.15) is 5.82 Å². The number of aryl methyl sites for hydroxylation is 2. The van der Waals surface area contributed by atoms with Crippen molar-refractivity contribution < 1.29 is 9.32 Å². The molecule has 1 amide bonds. The topological polar surface area (TPSA) is 85.8 Å². The zero-order valence-corrected chi connectivity index (χ0v) is 10.2. The maximum absolute atomic E-state index is 11.5. The molecule has 0 aliphatic heterocycles. The number of carbonyl (C=O) groups is 1. The minimum absolute atomic E-state index is 0.118. The number of anilines is 1. The third kappa shape index (κ3) is 3.06. The number of rotatable bonds is 4. The summed E-state index contributed by atoms with van der Waals surface area (Å²) in [4.78, 5) is 19.5. The molecule has 17 heavy (non-hydrogen) atoms. The first-order chi connectivity index (χ1) is 8.15. The van der Waals surface area contributed by atoms with Gasteiger partial charge in [0.2, 0.25) is 5.91 Å². The summed E-state index contributed by atoms with van der Waals surface area (Å²) in [7, 11) is 1.87. The van der Waals surface area contributed by atoms with Crippen LogP contribution >= 0.6 is 11.8 Å². The Bertz CT molecular complexity index is 521. The Kier molecular flexibility index (Phi) is 3.43. The molecule has 0 radical (unpaired) electrons. The number of imidazole rings is 1. The van der Waals surface area contributed by atoms with E-state index in [2.05, 4.69) is 20.4 Å². The molecule has 0 unspecified atom stereocenters. The second-order valence-electron chi connectivity index (χ2n) is 3.30. The van der Waals surface area contributed by atoms with E-state index in [1.165, 1.54) is 11.8 Å². The van der Waals surface area contributed by atoms with Crippen molar-refractivity contribution >= 4 is 23.7 Å². The van der Waals surface area contributed by atoms with Gasteiger partial charge in [0.25, 0.3) is 0 Å². The average molecular weight is 253 g/mol. The summed E-state index contributed by atoms with van der Waals surface area (Å²) in [6.07, 6.45) is 3.50. The zero-order valence-electron chi connectivity index (χ0n) is 9.38. The van der Waals surface area contributed by atoms with Crippen molar-refractivity contribution in [3.8, 4) is 0 Å². The van der Waals surface area contributed by atoms with E-state index >= 15 is 0 Å². The molecule has 0 aliphatic carbocycles. The molecule has 0 saturated carbocycles. The molecule has 0 atom stereocenters. The molecule has 0 aromatic carbocycles.